The van der Waals surface area contributed by atoms with Crippen molar-refractivity contribution in [3.05, 3.63) is 64.7 Å². The van der Waals surface area contributed by atoms with Crippen LogP contribution >= 0.6 is 11.6 Å². The predicted octanol–water partition coefficient (Wildman–Crippen LogP) is 4.58. The van der Waals surface area contributed by atoms with E-state index in [-0.39, 0.29) is 5.82 Å². The minimum Gasteiger partial charge on any atom is -0.322 e. The van der Waals surface area contributed by atoms with Crippen LogP contribution in [0.1, 0.15) is 22.5 Å². The first-order chi connectivity index (χ1) is 10.1. The topological polar surface area (TPSA) is 17.8 Å². The summed E-state index contributed by atoms with van der Waals surface area (Å²) >= 11 is 6.01. The number of aromatic nitrogens is 2. The summed E-state index contributed by atoms with van der Waals surface area (Å²) in [4.78, 5) is 4.45. The van der Waals surface area contributed by atoms with Crippen LogP contribution in [0.5, 0.6) is 0 Å². The Kier molecular flexibility index (Phi) is 3.68. The average molecular weight is 303 g/mol. The van der Waals surface area contributed by atoms with Crippen LogP contribution in [0.4, 0.5) is 4.39 Å². The zero-order valence-electron chi connectivity index (χ0n) is 12.0. The van der Waals surface area contributed by atoms with Gasteiger partial charge < -0.3 is 4.57 Å². The van der Waals surface area contributed by atoms with Gasteiger partial charge >= 0.3 is 0 Å². The molecule has 0 bridgehead atoms. The van der Waals surface area contributed by atoms with Crippen molar-refractivity contribution >= 4 is 22.6 Å². The quantitative estimate of drug-likeness (QED) is 0.648. The molecule has 0 saturated heterocycles. The highest BCUT2D eigenvalue weighted by Gasteiger charge is 2.13. The molecule has 3 aromatic rings. The Balaban J connectivity index is 2.16. The second-order valence-electron chi connectivity index (χ2n) is 5.26. The lowest BCUT2D eigenvalue weighted by atomic mass is 10.1. The molecule has 2 nitrogen and oxygen atoms in total. The Bertz CT molecular complexity index is 808. The highest BCUT2D eigenvalue weighted by atomic mass is 35.5. The Morgan fingerprint density at radius 1 is 1.14 bits per heavy atom. The minimum absolute atomic E-state index is 0.232. The molecule has 0 saturated carbocycles. The van der Waals surface area contributed by atoms with Gasteiger partial charge in [0.15, 0.2) is 0 Å². The molecule has 0 radical (unpaired) electrons. The third-order valence-electron chi connectivity index (χ3n) is 3.82. The molecule has 3 rings (SSSR count). The van der Waals surface area contributed by atoms with Crippen LogP contribution in [0.3, 0.4) is 0 Å². The first-order valence-electron chi connectivity index (χ1n) is 6.86. The molecule has 0 fully saturated rings. The molecule has 108 valence electrons. The van der Waals surface area contributed by atoms with Gasteiger partial charge in [-0.05, 0) is 36.6 Å². The van der Waals surface area contributed by atoms with E-state index in [1.54, 1.807) is 6.92 Å². The molecule has 1 heterocycles. The molecular weight excluding hydrogens is 287 g/mol. The summed E-state index contributed by atoms with van der Waals surface area (Å²) in [6, 6.07) is 11.5. The fourth-order valence-electron chi connectivity index (χ4n) is 2.54. The second-order valence-corrected chi connectivity index (χ2v) is 5.53. The maximum Gasteiger partial charge on any atom is 0.128 e. The number of benzene rings is 2. The van der Waals surface area contributed by atoms with Crippen molar-refractivity contribution in [3.63, 3.8) is 0 Å². The van der Waals surface area contributed by atoms with Gasteiger partial charge in [-0.15, -0.1) is 11.6 Å². The highest BCUT2D eigenvalue weighted by molar-refractivity contribution is 6.16. The van der Waals surface area contributed by atoms with Gasteiger partial charge in [0.25, 0.3) is 0 Å². The molecule has 0 unspecified atom stereocenters. The number of rotatable bonds is 3. The summed E-state index contributed by atoms with van der Waals surface area (Å²) < 4.78 is 15.8. The largest absolute Gasteiger partial charge is 0.322 e. The highest BCUT2D eigenvalue weighted by Crippen LogP contribution is 2.23. The summed E-state index contributed by atoms with van der Waals surface area (Å²) in [6.07, 6.45) is 0. The third-order valence-corrected chi connectivity index (χ3v) is 4.06. The van der Waals surface area contributed by atoms with E-state index in [0.717, 1.165) is 11.3 Å². The number of halogens is 2. The molecular formula is C17H16ClFN2. The van der Waals surface area contributed by atoms with Gasteiger partial charge in [-0.25, -0.2) is 9.37 Å². The van der Waals surface area contributed by atoms with E-state index in [9.17, 15) is 4.39 Å². The standard InChI is InChI=1S/C17H16ClFN2/c1-11-5-3-4-6-13(11)10-21-16-7-12(2)14(19)8-15(16)20-17(21)9-18/h3-8H,9-10H2,1-2H3. The van der Waals surface area contributed by atoms with Gasteiger partial charge in [-0.2, -0.15) is 0 Å². The summed E-state index contributed by atoms with van der Waals surface area (Å²) in [5.74, 6) is 0.838. The molecule has 0 aliphatic rings. The first kappa shape index (κ1) is 14.1. The van der Waals surface area contributed by atoms with Gasteiger partial charge in [0, 0.05) is 12.6 Å². The number of hydrogen-bond acceptors (Lipinski definition) is 1. The van der Waals surface area contributed by atoms with Crippen LogP contribution < -0.4 is 0 Å². The average Bonchev–Trinajstić information content (AvgIpc) is 2.79. The maximum atomic E-state index is 13.7. The van der Waals surface area contributed by atoms with Crippen LogP contribution in [0.2, 0.25) is 0 Å². The van der Waals surface area contributed by atoms with E-state index >= 15 is 0 Å². The Labute approximate surface area is 128 Å². The smallest absolute Gasteiger partial charge is 0.128 e. The summed E-state index contributed by atoms with van der Waals surface area (Å²) in [7, 11) is 0. The van der Waals surface area contributed by atoms with E-state index in [0.29, 0.717) is 23.5 Å². The van der Waals surface area contributed by atoms with Crippen molar-refractivity contribution < 1.29 is 4.39 Å². The molecule has 0 aliphatic heterocycles. The van der Waals surface area contributed by atoms with Gasteiger partial charge in [-0.1, -0.05) is 24.3 Å². The van der Waals surface area contributed by atoms with E-state index in [4.69, 9.17) is 11.6 Å². The maximum absolute atomic E-state index is 13.7. The normalized spacial score (nSPS) is 11.2. The van der Waals surface area contributed by atoms with Gasteiger partial charge in [0.05, 0.1) is 16.9 Å². The van der Waals surface area contributed by atoms with Gasteiger partial charge in [0.1, 0.15) is 11.6 Å². The molecule has 0 N–H and O–H groups in total. The predicted molar refractivity (Wildman–Crippen MR) is 84.3 cm³/mol. The lowest BCUT2D eigenvalue weighted by Gasteiger charge is -2.10. The van der Waals surface area contributed by atoms with Gasteiger partial charge in [-0.3, -0.25) is 0 Å². The number of hydrogen-bond donors (Lipinski definition) is 0. The van der Waals surface area contributed by atoms with Crippen molar-refractivity contribution in [2.24, 2.45) is 0 Å². The zero-order valence-corrected chi connectivity index (χ0v) is 12.8. The molecule has 0 spiro atoms. The van der Waals surface area contributed by atoms with Crippen molar-refractivity contribution in [2.75, 3.05) is 0 Å². The Morgan fingerprint density at radius 3 is 2.62 bits per heavy atom. The third kappa shape index (κ3) is 2.54. The van der Waals surface area contributed by atoms with Crippen LogP contribution in [-0.2, 0) is 12.4 Å². The van der Waals surface area contributed by atoms with Gasteiger partial charge in [0.2, 0.25) is 0 Å². The Morgan fingerprint density at radius 2 is 1.90 bits per heavy atom. The molecule has 0 aliphatic carbocycles. The first-order valence-corrected chi connectivity index (χ1v) is 7.39. The summed E-state index contributed by atoms with van der Waals surface area (Å²) in [5.41, 5.74) is 4.63. The van der Waals surface area contributed by atoms with Crippen LogP contribution in [0.25, 0.3) is 11.0 Å². The SMILES string of the molecule is Cc1cc2c(cc1F)nc(CCl)n2Cc1ccccc1C. The van der Waals surface area contributed by atoms with E-state index in [1.807, 2.05) is 18.2 Å². The Hall–Kier alpha value is -1.87. The van der Waals surface area contributed by atoms with Crippen LogP contribution in [0, 0.1) is 19.7 Å². The van der Waals surface area contributed by atoms with E-state index < -0.39 is 0 Å². The second kappa shape index (κ2) is 5.49. The molecule has 2 aromatic carbocycles. The lowest BCUT2D eigenvalue weighted by Crippen LogP contribution is -2.05. The van der Waals surface area contributed by atoms with Crippen LogP contribution in [-0.4, -0.2) is 9.55 Å². The number of aryl methyl sites for hydroxylation is 2. The number of alkyl halides is 1. The lowest BCUT2D eigenvalue weighted by molar-refractivity contribution is 0.620. The number of imidazole rings is 1. The fourth-order valence-corrected chi connectivity index (χ4v) is 2.74. The number of fused-ring (bicyclic) bond motifs is 1. The summed E-state index contributed by atoms with van der Waals surface area (Å²) in [6.45, 7) is 4.54. The van der Waals surface area contributed by atoms with Crippen molar-refractivity contribution in [1.82, 2.24) is 9.55 Å². The monoisotopic (exact) mass is 302 g/mol. The van der Waals surface area contributed by atoms with E-state index in [2.05, 4.69) is 28.6 Å². The zero-order chi connectivity index (χ0) is 15.0. The molecule has 0 atom stereocenters. The van der Waals surface area contributed by atoms with Crippen LogP contribution in [0.15, 0.2) is 36.4 Å². The van der Waals surface area contributed by atoms with Crippen molar-refractivity contribution in [3.8, 4) is 0 Å². The molecule has 0 amide bonds. The molecule has 21 heavy (non-hydrogen) atoms. The van der Waals surface area contributed by atoms with E-state index in [1.165, 1.54) is 17.2 Å². The fraction of sp³-hybridized carbons (Fsp3) is 0.235. The molecule has 4 heteroatoms. The van der Waals surface area contributed by atoms with Crippen molar-refractivity contribution in [2.45, 2.75) is 26.3 Å². The minimum atomic E-state index is -0.232. The van der Waals surface area contributed by atoms with Crippen molar-refractivity contribution in [1.29, 1.82) is 0 Å². The molecule has 1 aromatic heterocycles. The summed E-state index contributed by atoms with van der Waals surface area (Å²) in [5, 5.41) is 0. The number of nitrogens with zero attached hydrogens (tertiary/aromatic N) is 2.